The number of hydrogen-bond donors (Lipinski definition) is 1. The van der Waals surface area contributed by atoms with E-state index < -0.39 is 35.5 Å². The molecule has 0 radical (unpaired) electrons. The van der Waals surface area contributed by atoms with E-state index in [4.69, 9.17) is 0 Å². The minimum atomic E-state index is -4.51. The third-order valence-corrected chi connectivity index (χ3v) is 4.93. The van der Waals surface area contributed by atoms with Gasteiger partial charge in [-0.3, -0.25) is 9.59 Å². The zero-order chi connectivity index (χ0) is 22.3. The summed E-state index contributed by atoms with van der Waals surface area (Å²) in [5, 5.41) is 9.66. The predicted molar refractivity (Wildman–Crippen MR) is 102 cm³/mol. The molecular weight excluding hydrogens is 418 g/mol. The molecule has 0 saturated carbocycles. The van der Waals surface area contributed by atoms with Crippen LogP contribution in [0.25, 0.3) is 0 Å². The van der Waals surface area contributed by atoms with Gasteiger partial charge in [0.15, 0.2) is 5.95 Å². The van der Waals surface area contributed by atoms with Gasteiger partial charge in [-0.25, -0.2) is 0 Å². The second-order valence-electron chi connectivity index (χ2n) is 6.99. The molecule has 1 atom stereocenters. The van der Waals surface area contributed by atoms with Crippen LogP contribution in [0.5, 0.6) is 0 Å². The summed E-state index contributed by atoms with van der Waals surface area (Å²) in [5.41, 5.74) is -0.610. The zero-order valence-electron chi connectivity index (χ0n) is 16.0. The van der Waals surface area contributed by atoms with Crippen molar-refractivity contribution < 1.29 is 27.2 Å². The maximum atomic E-state index is 14.6. The normalized spacial score (nSPS) is 16.2. The van der Waals surface area contributed by atoms with Crippen LogP contribution in [-0.2, 0) is 6.18 Å². The van der Waals surface area contributed by atoms with E-state index in [0.717, 1.165) is 22.8 Å². The SMILES string of the molecule is C[C@H]1CN(c2ccc(C(F)(F)F)cc2)C(=O)c2c(NC(=O)c3ccnnc3)cc(F)n21. The Morgan fingerprint density at radius 1 is 1.16 bits per heavy atom. The molecule has 1 aromatic carbocycles. The van der Waals surface area contributed by atoms with Crippen LogP contribution in [0.15, 0.2) is 48.8 Å². The molecule has 7 nitrogen and oxygen atoms in total. The van der Waals surface area contributed by atoms with Crippen molar-refractivity contribution in [3.05, 3.63) is 71.6 Å². The van der Waals surface area contributed by atoms with Crippen molar-refractivity contribution in [1.29, 1.82) is 0 Å². The fourth-order valence-electron chi connectivity index (χ4n) is 3.47. The summed E-state index contributed by atoms with van der Waals surface area (Å²) in [6.07, 6.45) is -1.98. The number of amides is 2. The van der Waals surface area contributed by atoms with Crippen LogP contribution >= 0.6 is 0 Å². The molecule has 2 aromatic heterocycles. The Labute approximate surface area is 173 Å². The molecule has 0 aliphatic carbocycles. The molecule has 0 fully saturated rings. The van der Waals surface area contributed by atoms with Crippen LogP contribution in [0.2, 0.25) is 0 Å². The zero-order valence-corrected chi connectivity index (χ0v) is 16.0. The molecule has 31 heavy (non-hydrogen) atoms. The average molecular weight is 433 g/mol. The van der Waals surface area contributed by atoms with E-state index in [0.29, 0.717) is 0 Å². The topological polar surface area (TPSA) is 80.1 Å². The number of anilines is 2. The number of nitrogens with zero attached hydrogens (tertiary/aromatic N) is 4. The second kappa shape index (κ2) is 7.49. The molecule has 2 amide bonds. The van der Waals surface area contributed by atoms with Crippen molar-refractivity contribution in [2.24, 2.45) is 0 Å². The highest BCUT2D eigenvalue weighted by Crippen LogP contribution is 2.35. The van der Waals surface area contributed by atoms with E-state index in [1.54, 1.807) is 6.92 Å². The van der Waals surface area contributed by atoms with Gasteiger partial charge in [-0.15, -0.1) is 0 Å². The van der Waals surface area contributed by atoms with Gasteiger partial charge in [0.1, 0.15) is 5.69 Å². The average Bonchev–Trinajstić information content (AvgIpc) is 3.07. The van der Waals surface area contributed by atoms with Gasteiger partial charge in [0.05, 0.1) is 35.2 Å². The third kappa shape index (κ3) is 3.74. The molecule has 1 N–H and O–H groups in total. The van der Waals surface area contributed by atoms with Crippen molar-refractivity contribution in [2.45, 2.75) is 19.1 Å². The van der Waals surface area contributed by atoms with Gasteiger partial charge in [-0.2, -0.15) is 27.8 Å². The number of carbonyl (C=O) groups excluding carboxylic acids is 2. The smallest absolute Gasteiger partial charge is 0.320 e. The van der Waals surface area contributed by atoms with Gasteiger partial charge in [0.25, 0.3) is 11.8 Å². The highest BCUT2D eigenvalue weighted by Gasteiger charge is 2.36. The third-order valence-electron chi connectivity index (χ3n) is 4.93. The lowest BCUT2D eigenvalue weighted by molar-refractivity contribution is -0.137. The van der Waals surface area contributed by atoms with Crippen molar-refractivity contribution in [3.8, 4) is 0 Å². The van der Waals surface area contributed by atoms with Crippen molar-refractivity contribution in [1.82, 2.24) is 14.8 Å². The predicted octanol–water partition coefficient (Wildman–Crippen LogP) is 3.91. The Morgan fingerprint density at radius 2 is 1.87 bits per heavy atom. The number of halogens is 4. The molecule has 1 aliphatic rings. The van der Waals surface area contributed by atoms with Gasteiger partial charge in [0, 0.05) is 18.3 Å². The van der Waals surface area contributed by atoms with Crippen LogP contribution in [0.3, 0.4) is 0 Å². The molecule has 11 heteroatoms. The number of alkyl halides is 3. The van der Waals surface area contributed by atoms with Crippen LogP contribution in [-0.4, -0.2) is 33.1 Å². The largest absolute Gasteiger partial charge is 0.416 e. The van der Waals surface area contributed by atoms with Crippen LogP contribution < -0.4 is 10.2 Å². The Morgan fingerprint density at radius 3 is 2.48 bits per heavy atom. The number of carbonyl (C=O) groups is 2. The van der Waals surface area contributed by atoms with Crippen LogP contribution in [0.4, 0.5) is 28.9 Å². The maximum Gasteiger partial charge on any atom is 0.416 e. The van der Waals surface area contributed by atoms with E-state index in [-0.39, 0.29) is 29.2 Å². The molecule has 4 rings (SSSR count). The Kier molecular flexibility index (Phi) is 4.96. The first kappa shape index (κ1) is 20.5. The monoisotopic (exact) mass is 433 g/mol. The molecule has 0 unspecified atom stereocenters. The Hall–Kier alpha value is -3.76. The van der Waals surface area contributed by atoms with Crippen molar-refractivity contribution >= 4 is 23.2 Å². The Balaban J connectivity index is 1.68. The summed E-state index contributed by atoms with van der Waals surface area (Å²) in [5.74, 6) is -1.98. The van der Waals surface area contributed by atoms with Gasteiger partial charge in [-0.1, -0.05) is 0 Å². The summed E-state index contributed by atoms with van der Waals surface area (Å²) in [6, 6.07) is 6.03. The summed E-state index contributed by atoms with van der Waals surface area (Å²) in [6.45, 7) is 1.71. The second-order valence-corrected chi connectivity index (χ2v) is 6.99. The molecule has 3 aromatic rings. The molecule has 0 bridgehead atoms. The number of rotatable bonds is 3. The summed E-state index contributed by atoms with van der Waals surface area (Å²) in [4.78, 5) is 26.8. The quantitative estimate of drug-likeness (QED) is 0.636. The van der Waals surface area contributed by atoms with E-state index >= 15 is 0 Å². The van der Waals surface area contributed by atoms with Gasteiger partial charge in [-0.05, 0) is 37.3 Å². The minimum absolute atomic E-state index is 0.0461. The van der Waals surface area contributed by atoms with Gasteiger partial charge >= 0.3 is 6.18 Å². The minimum Gasteiger partial charge on any atom is -0.320 e. The molecule has 3 heterocycles. The van der Waals surface area contributed by atoms with Gasteiger partial charge < -0.3 is 14.8 Å². The van der Waals surface area contributed by atoms with E-state index in [1.807, 2.05) is 0 Å². The first-order valence-electron chi connectivity index (χ1n) is 9.14. The van der Waals surface area contributed by atoms with Crippen molar-refractivity contribution in [3.63, 3.8) is 0 Å². The summed E-state index contributed by atoms with van der Waals surface area (Å²) < 4.78 is 54.3. The van der Waals surface area contributed by atoms with E-state index in [2.05, 4.69) is 15.5 Å². The highest BCUT2D eigenvalue weighted by molar-refractivity contribution is 6.13. The van der Waals surface area contributed by atoms with Crippen molar-refractivity contribution in [2.75, 3.05) is 16.8 Å². The summed E-state index contributed by atoms with van der Waals surface area (Å²) in [7, 11) is 0. The molecule has 160 valence electrons. The fraction of sp³-hybridized carbons (Fsp3) is 0.200. The van der Waals surface area contributed by atoms with Crippen LogP contribution in [0, 0.1) is 5.95 Å². The summed E-state index contributed by atoms with van der Waals surface area (Å²) >= 11 is 0. The molecular formula is C20H15F4N5O2. The number of hydrogen-bond acceptors (Lipinski definition) is 4. The number of aromatic nitrogens is 3. The maximum absolute atomic E-state index is 14.6. The van der Waals surface area contributed by atoms with E-state index in [1.165, 1.54) is 35.5 Å². The number of fused-ring (bicyclic) bond motifs is 1. The van der Waals surface area contributed by atoms with E-state index in [9.17, 15) is 27.2 Å². The first-order chi connectivity index (χ1) is 14.7. The standard InChI is InChI=1S/C20H15F4N5O2/c1-11-10-28(14-4-2-13(3-5-14)20(22,23)24)19(31)17-15(8-16(21)29(11)17)27-18(30)12-6-7-25-26-9-12/h2-9,11H,10H2,1H3,(H,27,30)/t11-/m0/s1. The lowest BCUT2D eigenvalue weighted by Crippen LogP contribution is -2.43. The Bertz CT molecular complexity index is 1140. The lowest BCUT2D eigenvalue weighted by Gasteiger charge is -2.33. The first-order valence-corrected chi connectivity index (χ1v) is 9.14. The number of nitrogens with one attached hydrogen (secondary N) is 1. The van der Waals surface area contributed by atoms with Gasteiger partial charge in [0.2, 0.25) is 0 Å². The van der Waals surface area contributed by atoms with Crippen LogP contribution in [0.1, 0.15) is 39.4 Å². The molecule has 0 saturated heterocycles. The number of benzene rings is 1. The molecule has 1 aliphatic heterocycles. The lowest BCUT2D eigenvalue weighted by atomic mass is 10.1. The highest BCUT2D eigenvalue weighted by atomic mass is 19.4. The molecule has 0 spiro atoms. The fourth-order valence-corrected chi connectivity index (χ4v) is 3.47.